The summed E-state index contributed by atoms with van der Waals surface area (Å²) in [6, 6.07) is 3.75. The van der Waals surface area contributed by atoms with Gasteiger partial charge in [-0.2, -0.15) is 13.2 Å². The number of ether oxygens (including phenoxy) is 1. The SMILES string of the molecule is COC(=O)C[C@H](N[S@+]([O-])C(C)(C)C)c1cccc(C(F)(F)F)c1. The highest BCUT2D eigenvalue weighted by molar-refractivity contribution is 7.90. The van der Waals surface area contributed by atoms with Gasteiger partial charge in [0, 0.05) is 11.4 Å². The summed E-state index contributed by atoms with van der Waals surface area (Å²) in [7, 11) is 1.19. The maximum atomic E-state index is 12.8. The van der Waals surface area contributed by atoms with Crippen molar-refractivity contribution in [2.45, 2.75) is 44.2 Å². The fourth-order valence-electron chi connectivity index (χ4n) is 1.72. The first-order chi connectivity index (χ1) is 10.4. The molecule has 1 aromatic rings. The van der Waals surface area contributed by atoms with Gasteiger partial charge in [-0.05, 0) is 38.5 Å². The molecule has 0 aliphatic heterocycles. The average molecular weight is 351 g/mol. The molecule has 23 heavy (non-hydrogen) atoms. The summed E-state index contributed by atoms with van der Waals surface area (Å²) < 4.78 is 57.4. The highest BCUT2D eigenvalue weighted by atomic mass is 32.2. The summed E-state index contributed by atoms with van der Waals surface area (Å²) in [5.41, 5.74) is -0.601. The van der Waals surface area contributed by atoms with Gasteiger partial charge >= 0.3 is 12.1 Å². The molecule has 0 saturated carbocycles. The second-order valence-electron chi connectivity index (χ2n) is 5.96. The maximum absolute atomic E-state index is 12.8. The third-order valence-corrected chi connectivity index (χ3v) is 4.63. The lowest BCUT2D eigenvalue weighted by Crippen LogP contribution is -2.42. The van der Waals surface area contributed by atoms with E-state index in [4.69, 9.17) is 0 Å². The van der Waals surface area contributed by atoms with E-state index in [1.807, 2.05) is 0 Å². The molecule has 0 aliphatic rings. The van der Waals surface area contributed by atoms with E-state index >= 15 is 0 Å². The minimum atomic E-state index is -4.49. The van der Waals surface area contributed by atoms with Crippen LogP contribution < -0.4 is 4.72 Å². The number of nitrogens with one attached hydrogen (secondary N) is 1. The predicted octanol–water partition coefficient (Wildman–Crippen LogP) is 3.36. The van der Waals surface area contributed by atoms with E-state index in [0.717, 1.165) is 12.1 Å². The molecule has 1 aromatic carbocycles. The molecule has 0 unspecified atom stereocenters. The molecule has 0 bridgehead atoms. The topological polar surface area (TPSA) is 61.4 Å². The normalized spacial score (nSPS) is 15.1. The Morgan fingerprint density at radius 2 is 1.96 bits per heavy atom. The Morgan fingerprint density at radius 3 is 2.43 bits per heavy atom. The van der Waals surface area contributed by atoms with Crippen molar-refractivity contribution in [1.82, 2.24) is 4.72 Å². The minimum absolute atomic E-state index is 0.223. The van der Waals surface area contributed by atoms with Crippen molar-refractivity contribution in [1.29, 1.82) is 0 Å². The molecular weight excluding hydrogens is 331 g/mol. The molecular formula is C15H20F3NO3S. The van der Waals surface area contributed by atoms with Gasteiger partial charge in [-0.15, -0.1) is 4.72 Å². The number of benzene rings is 1. The summed E-state index contributed by atoms with van der Waals surface area (Å²) in [6.07, 6.45) is -4.71. The molecule has 2 atom stereocenters. The fraction of sp³-hybridized carbons (Fsp3) is 0.533. The standard InChI is InChI=1S/C15H20F3NO3S/c1-14(2,3)23(21)19-12(9-13(20)22-4)10-6-5-7-11(8-10)15(16,17)18/h5-8,12,19H,9H2,1-4H3/t12-,23+/m0/s1. The van der Waals surface area contributed by atoms with Crippen LogP contribution in [0.3, 0.4) is 0 Å². The molecule has 0 amide bonds. The molecule has 0 aromatic heterocycles. The Kier molecular flexibility index (Phi) is 6.49. The molecule has 8 heteroatoms. The zero-order valence-electron chi connectivity index (χ0n) is 13.4. The van der Waals surface area contributed by atoms with Crippen LogP contribution in [0.1, 0.15) is 44.4 Å². The zero-order valence-corrected chi connectivity index (χ0v) is 14.2. The van der Waals surface area contributed by atoms with Crippen molar-refractivity contribution >= 4 is 17.3 Å². The lowest BCUT2D eigenvalue weighted by Gasteiger charge is -2.28. The molecule has 0 radical (unpaired) electrons. The van der Waals surface area contributed by atoms with Gasteiger partial charge in [-0.3, -0.25) is 4.79 Å². The highest BCUT2D eigenvalue weighted by Gasteiger charge is 2.34. The van der Waals surface area contributed by atoms with E-state index in [9.17, 15) is 22.5 Å². The van der Waals surface area contributed by atoms with Gasteiger partial charge in [-0.1, -0.05) is 12.1 Å². The van der Waals surface area contributed by atoms with Crippen LogP contribution in [-0.4, -0.2) is 22.4 Å². The van der Waals surface area contributed by atoms with Gasteiger partial charge in [0.1, 0.15) is 4.75 Å². The predicted molar refractivity (Wildman–Crippen MR) is 81.8 cm³/mol. The highest BCUT2D eigenvalue weighted by Crippen LogP contribution is 2.32. The summed E-state index contributed by atoms with van der Waals surface area (Å²) in [5.74, 6) is -0.606. The molecule has 130 valence electrons. The maximum Gasteiger partial charge on any atom is 0.416 e. The Morgan fingerprint density at radius 1 is 1.35 bits per heavy atom. The van der Waals surface area contributed by atoms with E-state index in [1.165, 1.54) is 19.2 Å². The first kappa shape index (κ1) is 19.8. The van der Waals surface area contributed by atoms with Crippen LogP contribution in [0.4, 0.5) is 13.2 Å². The second-order valence-corrected chi connectivity index (χ2v) is 7.95. The quantitative estimate of drug-likeness (QED) is 0.653. The van der Waals surface area contributed by atoms with Crippen molar-refractivity contribution in [3.8, 4) is 0 Å². The van der Waals surface area contributed by atoms with Crippen LogP contribution in [0.25, 0.3) is 0 Å². The van der Waals surface area contributed by atoms with Crippen molar-refractivity contribution in [2.24, 2.45) is 0 Å². The fourth-order valence-corrected chi connectivity index (χ4v) is 2.55. The third-order valence-electron chi connectivity index (χ3n) is 3.02. The van der Waals surface area contributed by atoms with Crippen molar-refractivity contribution in [2.75, 3.05) is 7.11 Å². The van der Waals surface area contributed by atoms with Crippen molar-refractivity contribution in [3.63, 3.8) is 0 Å². The molecule has 0 heterocycles. The zero-order chi connectivity index (χ0) is 17.8. The van der Waals surface area contributed by atoms with Crippen molar-refractivity contribution < 1.29 is 27.3 Å². The smallest absolute Gasteiger partial charge is 0.416 e. The number of hydrogen-bond acceptors (Lipinski definition) is 4. The van der Waals surface area contributed by atoms with Gasteiger partial charge in [0.2, 0.25) is 0 Å². The average Bonchev–Trinajstić information content (AvgIpc) is 2.44. The van der Waals surface area contributed by atoms with Gasteiger partial charge in [0.15, 0.2) is 0 Å². The lowest BCUT2D eigenvalue weighted by atomic mass is 10.0. The first-order valence-corrected chi connectivity index (χ1v) is 8.02. The molecule has 0 saturated heterocycles. The van der Waals surface area contributed by atoms with E-state index in [0.29, 0.717) is 0 Å². The number of carbonyl (C=O) groups excluding carboxylic acids is 1. The number of halogens is 3. The van der Waals surface area contributed by atoms with Crippen LogP contribution in [0.2, 0.25) is 0 Å². The molecule has 0 spiro atoms. The largest absolute Gasteiger partial charge is 0.598 e. The number of rotatable bonds is 5. The first-order valence-electron chi connectivity index (χ1n) is 6.87. The molecule has 1 rings (SSSR count). The monoisotopic (exact) mass is 351 g/mol. The Hall–Kier alpha value is -1.25. The molecule has 1 N–H and O–H groups in total. The molecule has 0 aliphatic carbocycles. The number of alkyl halides is 3. The molecule has 0 fully saturated rings. The van der Waals surface area contributed by atoms with Gasteiger partial charge in [0.05, 0.1) is 25.1 Å². The Labute approximate surface area is 136 Å². The Balaban J connectivity index is 3.11. The van der Waals surface area contributed by atoms with Crippen LogP contribution in [0.15, 0.2) is 24.3 Å². The summed E-state index contributed by atoms with van der Waals surface area (Å²) in [5, 5.41) is 0. The summed E-state index contributed by atoms with van der Waals surface area (Å²) >= 11 is -1.55. The van der Waals surface area contributed by atoms with Gasteiger partial charge < -0.3 is 9.29 Å². The third kappa shape index (κ3) is 6.04. The summed E-state index contributed by atoms with van der Waals surface area (Å²) in [4.78, 5) is 11.5. The van der Waals surface area contributed by atoms with Crippen LogP contribution in [0, 0.1) is 0 Å². The number of methoxy groups -OCH3 is 1. The van der Waals surface area contributed by atoms with E-state index in [2.05, 4.69) is 9.46 Å². The van der Waals surface area contributed by atoms with Gasteiger partial charge in [-0.25, -0.2) is 0 Å². The number of hydrogen-bond donors (Lipinski definition) is 1. The van der Waals surface area contributed by atoms with Crippen LogP contribution in [-0.2, 0) is 27.1 Å². The van der Waals surface area contributed by atoms with E-state index < -0.39 is 39.9 Å². The number of carbonyl (C=O) groups is 1. The summed E-state index contributed by atoms with van der Waals surface area (Å²) in [6.45, 7) is 5.16. The second kappa shape index (κ2) is 7.55. The minimum Gasteiger partial charge on any atom is -0.598 e. The van der Waals surface area contributed by atoms with E-state index in [1.54, 1.807) is 20.8 Å². The molecule has 4 nitrogen and oxygen atoms in total. The van der Waals surface area contributed by atoms with Crippen molar-refractivity contribution in [3.05, 3.63) is 35.4 Å². The number of esters is 1. The van der Waals surface area contributed by atoms with E-state index in [-0.39, 0.29) is 12.0 Å². The lowest BCUT2D eigenvalue weighted by molar-refractivity contribution is -0.141. The Bertz CT molecular complexity index is 544. The van der Waals surface area contributed by atoms with Gasteiger partial charge in [0.25, 0.3) is 0 Å². The van der Waals surface area contributed by atoms with Crippen LogP contribution >= 0.6 is 0 Å². The van der Waals surface area contributed by atoms with Crippen LogP contribution in [0.5, 0.6) is 0 Å².